The third-order valence-electron chi connectivity index (χ3n) is 10.5. The summed E-state index contributed by atoms with van der Waals surface area (Å²) in [5.41, 5.74) is 0.993. The SMILES string of the molecule is CN(C)CCCC(=O)OC(CCCCCCCC/C=C\CCCCCCCC(C)(C)C)CCCCCCCC/C=C\CCCCCCCC(C)(C)C. The Morgan fingerprint density at radius 3 is 1.10 bits per heavy atom. The van der Waals surface area contributed by atoms with E-state index >= 15 is 0 Å². The van der Waals surface area contributed by atoms with Gasteiger partial charge in [-0.2, -0.15) is 0 Å². The van der Waals surface area contributed by atoms with Crippen molar-refractivity contribution in [1.82, 2.24) is 4.90 Å². The molecule has 0 aliphatic heterocycles. The van der Waals surface area contributed by atoms with Gasteiger partial charge in [0, 0.05) is 6.42 Å². The van der Waals surface area contributed by atoms with Crippen LogP contribution in [0.5, 0.6) is 0 Å². The summed E-state index contributed by atoms with van der Waals surface area (Å²) in [5.74, 6) is 0.0140. The van der Waals surface area contributed by atoms with Crippen LogP contribution in [0.1, 0.15) is 247 Å². The number of hydrogen-bond donors (Lipinski definition) is 0. The lowest BCUT2D eigenvalue weighted by Crippen LogP contribution is -2.20. The van der Waals surface area contributed by atoms with Crippen LogP contribution >= 0.6 is 0 Å². The van der Waals surface area contributed by atoms with Crippen molar-refractivity contribution in [3.05, 3.63) is 24.3 Å². The molecular formula is C49H95NO2. The van der Waals surface area contributed by atoms with Crippen molar-refractivity contribution < 1.29 is 9.53 Å². The van der Waals surface area contributed by atoms with E-state index in [4.69, 9.17) is 4.74 Å². The number of rotatable bonds is 37. The smallest absolute Gasteiger partial charge is 0.306 e. The average molecular weight is 730 g/mol. The van der Waals surface area contributed by atoms with Crippen LogP contribution in [0.4, 0.5) is 0 Å². The maximum absolute atomic E-state index is 12.6. The van der Waals surface area contributed by atoms with Crippen LogP contribution in [0, 0.1) is 10.8 Å². The largest absolute Gasteiger partial charge is 0.462 e. The monoisotopic (exact) mass is 730 g/mol. The molecule has 0 saturated carbocycles. The van der Waals surface area contributed by atoms with Crippen molar-refractivity contribution in [3.8, 4) is 0 Å². The molecular weight excluding hydrogens is 635 g/mol. The summed E-state index contributed by atoms with van der Waals surface area (Å²) in [4.78, 5) is 14.7. The molecule has 0 aromatic heterocycles. The van der Waals surface area contributed by atoms with Gasteiger partial charge in [0.25, 0.3) is 0 Å². The predicted molar refractivity (Wildman–Crippen MR) is 233 cm³/mol. The van der Waals surface area contributed by atoms with Gasteiger partial charge in [-0.1, -0.05) is 169 Å². The van der Waals surface area contributed by atoms with E-state index in [0.29, 0.717) is 17.3 Å². The number of ether oxygens (including phenoxy) is 1. The quantitative estimate of drug-likeness (QED) is 0.0362. The predicted octanol–water partition coefficient (Wildman–Crippen LogP) is 16.1. The van der Waals surface area contributed by atoms with Gasteiger partial charge >= 0.3 is 5.97 Å². The number of esters is 1. The zero-order chi connectivity index (χ0) is 38.6. The first-order chi connectivity index (χ1) is 24.9. The van der Waals surface area contributed by atoms with Crippen molar-refractivity contribution in [2.45, 2.75) is 253 Å². The lowest BCUT2D eigenvalue weighted by Gasteiger charge is -2.18. The molecule has 0 heterocycles. The highest BCUT2D eigenvalue weighted by Gasteiger charge is 2.14. The fraction of sp³-hybridized carbons (Fsp3) is 0.898. The Labute approximate surface area is 328 Å². The van der Waals surface area contributed by atoms with Gasteiger partial charge in [-0.25, -0.2) is 0 Å². The number of carbonyl (C=O) groups excluding carboxylic acids is 1. The molecule has 0 unspecified atom stereocenters. The number of allylic oxidation sites excluding steroid dienone is 4. The number of unbranched alkanes of at least 4 members (excludes halogenated alkanes) is 22. The molecule has 0 atom stereocenters. The summed E-state index contributed by atoms with van der Waals surface area (Å²) >= 11 is 0. The van der Waals surface area contributed by atoms with Crippen LogP contribution in [0.3, 0.4) is 0 Å². The van der Waals surface area contributed by atoms with E-state index in [1.807, 2.05) is 0 Å². The fourth-order valence-corrected chi connectivity index (χ4v) is 7.10. The van der Waals surface area contributed by atoms with Gasteiger partial charge in [-0.15, -0.1) is 0 Å². The minimum absolute atomic E-state index is 0.0140. The minimum Gasteiger partial charge on any atom is -0.462 e. The molecule has 0 fully saturated rings. The molecule has 0 bridgehead atoms. The molecule has 0 aliphatic carbocycles. The molecule has 0 aliphatic rings. The molecule has 0 amide bonds. The standard InChI is InChI=1S/C49H95NO2/c1-48(2,3)43-37-33-29-25-21-17-13-9-11-15-19-23-27-31-35-40-46(52-47(51)42-39-45-50(7)8)41-36-32-28-24-20-16-12-10-14-18-22-26-30-34-38-44-49(4,5)6/h9-10,13-14,46H,11-12,15-45H2,1-8H3/b13-9-,14-10-. The van der Waals surface area contributed by atoms with E-state index in [-0.39, 0.29) is 12.1 Å². The van der Waals surface area contributed by atoms with Crippen molar-refractivity contribution in [2.75, 3.05) is 20.6 Å². The molecule has 3 nitrogen and oxygen atoms in total. The van der Waals surface area contributed by atoms with E-state index in [1.54, 1.807) is 0 Å². The Balaban J connectivity index is 3.94. The fourth-order valence-electron chi connectivity index (χ4n) is 7.10. The number of hydrogen-bond acceptors (Lipinski definition) is 3. The van der Waals surface area contributed by atoms with Crippen LogP contribution in [0.25, 0.3) is 0 Å². The van der Waals surface area contributed by atoms with Crippen LogP contribution < -0.4 is 0 Å². The molecule has 0 rings (SSSR count). The Morgan fingerprint density at radius 1 is 0.462 bits per heavy atom. The molecule has 0 radical (unpaired) electrons. The van der Waals surface area contributed by atoms with Crippen molar-refractivity contribution in [3.63, 3.8) is 0 Å². The van der Waals surface area contributed by atoms with Crippen molar-refractivity contribution >= 4 is 5.97 Å². The number of carbonyl (C=O) groups is 1. The summed E-state index contributed by atoms with van der Waals surface area (Å²) in [6, 6.07) is 0. The van der Waals surface area contributed by atoms with E-state index in [1.165, 1.54) is 180 Å². The van der Waals surface area contributed by atoms with Crippen LogP contribution in [-0.2, 0) is 9.53 Å². The highest BCUT2D eigenvalue weighted by molar-refractivity contribution is 5.69. The van der Waals surface area contributed by atoms with Crippen LogP contribution in [0.15, 0.2) is 24.3 Å². The first-order valence-corrected chi connectivity index (χ1v) is 23.0. The topological polar surface area (TPSA) is 29.5 Å². The summed E-state index contributed by atoms with van der Waals surface area (Å²) < 4.78 is 6.03. The second kappa shape index (κ2) is 35.6. The van der Waals surface area contributed by atoms with Gasteiger partial charge in [0.15, 0.2) is 0 Å². The van der Waals surface area contributed by atoms with Crippen LogP contribution in [-0.4, -0.2) is 37.6 Å². The van der Waals surface area contributed by atoms with Gasteiger partial charge in [-0.05, 0) is 128 Å². The van der Waals surface area contributed by atoms with Gasteiger partial charge < -0.3 is 9.64 Å². The van der Waals surface area contributed by atoms with E-state index in [2.05, 4.69) is 84.8 Å². The van der Waals surface area contributed by atoms with E-state index in [9.17, 15) is 4.79 Å². The van der Waals surface area contributed by atoms with Crippen molar-refractivity contribution in [2.24, 2.45) is 10.8 Å². The zero-order valence-corrected chi connectivity index (χ0v) is 37.0. The molecule has 0 N–H and O–H groups in total. The molecule has 52 heavy (non-hydrogen) atoms. The second-order valence-electron chi connectivity index (χ2n) is 19.1. The van der Waals surface area contributed by atoms with Gasteiger partial charge in [0.2, 0.25) is 0 Å². The average Bonchev–Trinajstić information content (AvgIpc) is 3.06. The summed E-state index contributed by atoms with van der Waals surface area (Å²) in [6.45, 7) is 15.1. The highest BCUT2D eigenvalue weighted by Crippen LogP contribution is 2.24. The third-order valence-corrected chi connectivity index (χ3v) is 10.5. The lowest BCUT2D eigenvalue weighted by molar-refractivity contribution is -0.150. The normalized spacial score (nSPS) is 12.7. The Hall–Kier alpha value is -1.09. The molecule has 0 aromatic carbocycles. The second-order valence-corrected chi connectivity index (χ2v) is 19.1. The number of nitrogens with zero attached hydrogens (tertiary/aromatic N) is 1. The van der Waals surface area contributed by atoms with Gasteiger partial charge in [0.05, 0.1) is 0 Å². The minimum atomic E-state index is 0.0140. The Bertz CT molecular complexity index is 760. The van der Waals surface area contributed by atoms with Gasteiger partial charge in [0.1, 0.15) is 6.10 Å². The van der Waals surface area contributed by atoms with Crippen LogP contribution in [0.2, 0.25) is 0 Å². The first kappa shape index (κ1) is 50.9. The Morgan fingerprint density at radius 2 is 0.769 bits per heavy atom. The maximum Gasteiger partial charge on any atom is 0.306 e. The van der Waals surface area contributed by atoms with Gasteiger partial charge in [-0.3, -0.25) is 4.79 Å². The molecule has 0 spiro atoms. The zero-order valence-electron chi connectivity index (χ0n) is 37.0. The summed E-state index contributed by atoms with van der Waals surface area (Å²) in [7, 11) is 4.14. The maximum atomic E-state index is 12.6. The van der Waals surface area contributed by atoms with E-state index < -0.39 is 0 Å². The third kappa shape index (κ3) is 43.3. The van der Waals surface area contributed by atoms with E-state index in [0.717, 1.165) is 25.8 Å². The molecule has 0 saturated heterocycles. The summed E-state index contributed by atoms with van der Waals surface area (Å²) in [6.07, 6.45) is 50.5. The molecule has 3 heteroatoms. The van der Waals surface area contributed by atoms with Crippen molar-refractivity contribution in [1.29, 1.82) is 0 Å². The molecule has 0 aromatic rings. The first-order valence-electron chi connectivity index (χ1n) is 23.0. The highest BCUT2D eigenvalue weighted by atomic mass is 16.5. The summed E-state index contributed by atoms with van der Waals surface area (Å²) in [5, 5.41) is 0. The Kier molecular flexibility index (Phi) is 34.9. The lowest BCUT2D eigenvalue weighted by atomic mass is 9.89. The molecule has 308 valence electrons.